The molecule has 3 aliphatic heterocycles. The third-order valence-electron chi connectivity index (χ3n) is 7.68. The number of nitrogens with one attached hydrogen (secondary N) is 2. The molecule has 2 amide bonds. The van der Waals surface area contributed by atoms with Gasteiger partial charge >= 0.3 is 6.09 Å². The minimum absolute atomic E-state index is 0.0861. The molecule has 3 aliphatic rings. The number of alkyl halides is 2. The molecule has 2 saturated heterocycles. The molecule has 1 unspecified atom stereocenters. The summed E-state index contributed by atoms with van der Waals surface area (Å²) in [5, 5.41) is 13.3. The molecule has 2 atom stereocenters. The first-order valence-corrected chi connectivity index (χ1v) is 13.3. The molecule has 10 nitrogen and oxygen atoms in total. The Balaban J connectivity index is 1.13. The van der Waals surface area contributed by atoms with Gasteiger partial charge in [0.2, 0.25) is 0 Å². The third-order valence-corrected chi connectivity index (χ3v) is 7.97. The van der Waals surface area contributed by atoms with Gasteiger partial charge in [0.05, 0.1) is 52.9 Å². The molecule has 0 bridgehead atoms. The maximum Gasteiger partial charge on any atom is 0.412 e. The summed E-state index contributed by atoms with van der Waals surface area (Å²) in [4.78, 5) is 32.9. The molecule has 3 aromatic rings. The predicted molar refractivity (Wildman–Crippen MR) is 142 cm³/mol. The van der Waals surface area contributed by atoms with Crippen LogP contribution in [0.1, 0.15) is 46.1 Å². The van der Waals surface area contributed by atoms with E-state index in [1.165, 1.54) is 18.3 Å². The lowest BCUT2D eigenvalue weighted by Gasteiger charge is -2.35. The predicted octanol–water partition coefficient (Wildman–Crippen LogP) is 4.27. The van der Waals surface area contributed by atoms with E-state index in [1.54, 1.807) is 41.2 Å². The molecule has 5 heterocycles. The van der Waals surface area contributed by atoms with Gasteiger partial charge in [0, 0.05) is 32.1 Å². The Morgan fingerprint density at radius 3 is 2.80 bits per heavy atom. The Kier molecular flexibility index (Phi) is 6.73. The van der Waals surface area contributed by atoms with Crippen molar-refractivity contribution in [3.8, 4) is 0 Å². The molecule has 2 N–H and O–H groups in total. The first-order chi connectivity index (χ1) is 19.5. The van der Waals surface area contributed by atoms with Gasteiger partial charge in [0.15, 0.2) is 17.2 Å². The number of hydrogen-bond acceptors (Lipinski definition) is 8. The Labute approximate surface area is 237 Å². The van der Waals surface area contributed by atoms with Gasteiger partial charge in [-0.25, -0.2) is 18.0 Å². The fraction of sp³-hybridized carbons (Fsp3) is 0.370. The van der Waals surface area contributed by atoms with Gasteiger partial charge in [-0.05, 0) is 36.9 Å². The van der Waals surface area contributed by atoms with E-state index in [0.717, 1.165) is 0 Å². The van der Waals surface area contributed by atoms with E-state index in [2.05, 4.69) is 25.8 Å². The van der Waals surface area contributed by atoms with Crippen LogP contribution in [0.4, 0.5) is 29.5 Å². The van der Waals surface area contributed by atoms with Gasteiger partial charge in [-0.15, -0.1) is 5.10 Å². The number of benzene rings is 1. The van der Waals surface area contributed by atoms with Crippen molar-refractivity contribution in [2.24, 2.45) is 0 Å². The second kappa shape index (κ2) is 10.1. The van der Waals surface area contributed by atoms with Crippen LogP contribution in [0.5, 0.6) is 0 Å². The zero-order chi connectivity index (χ0) is 28.9. The molecule has 0 aliphatic carbocycles. The summed E-state index contributed by atoms with van der Waals surface area (Å²) in [7, 11) is 1.64. The summed E-state index contributed by atoms with van der Waals surface area (Å²) in [6.45, 7) is 0.300. The van der Waals surface area contributed by atoms with E-state index in [0.29, 0.717) is 29.3 Å². The van der Waals surface area contributed by atoms with Crippen LogP contribution in [0.25, 0.3) is 0 Å². The highest BCUT2D eigenvalue weighted by Gasteiger charge is 2.50. The number of carbonyl (C=O) groups excluding carboxylic acids is 2. The van der Waals surface area contributed by atoms with Gasteiger partial charge in [0.25, 0.3) is 11.8 Å². The number of aromatic nitrogens is 3. The van der Waals surface area contributed by atoms with E-state index >= 15 is 4.39 Å². The first kappa shape index (κ1) is 27.2. The molecule has 41 heavy (non-hydrogen) atoms. The van der Waals surface area contributed by atoms with E-state index < -0.39 is 35.4 Å². The monoisotopic (exact) mass is 587 g/mol. The lowest BCUT2D eigenvalue weighted by molar-refractivity contribution is 0.0139. The molecule has 2 fully saturated rings. The number of nitrogens with zero attached hydrogens (tertiary/aromatic N) is 5. The molecule has 0 radical (unpaired) electrons. The second-order valence-corrected chi connectivity index (χ2v) is 10.9. The van der Waals surface area contributed by atoms with E-state index in [4.69, 9.17) is 16.3 Å². The van der Waals surface area contributed by atoms with Crippen LogP contribution in [0, 0.1) is 5.82 Å². The summed E-state index contributed by atoms with van der Waals surface area (Å²) >= 11 is 6.02. The lowest BCUT2D eigenvalue weighted by atomic mass is 9.89. The maximum atomic E-state index is 15.1. The number of halogens is 4. The van der Waals surface area contributed by atoms with Crippen molar-refractivity contribution in [1.29, 1.82) is 0 Å². The normalized spacial score (nSPS) is 23.3. The van der Waals surface area contributed by atoms with E-state index in [9.17, 15) is 18.4 Å². The van der Waals surface area contributed by atoms with Crippen LogP contribution in [-0.2, 0) is 16.9 Å². The van der Waals surface area contributed by atoms with Crippen LogP contribution >= 0.6 is 11.6 Å². The average molecular weight is 588 g/mol. The van der Waals surface area contributed by atoms with Crippen LogP contribution in [-0.4, -0.2) is 64.7 Å². The topological polar surface area (TPSA) is 113 Å². The van der Waals surface area contributed by atoms with Gasteiger partial charge in [-0.2, -0.15) is 5.10 Å². The number of hydrogen-bond donors (Lipinski definition) is 2. The second-order valence-electron chi connectivity index (χ2n) is 10.5. The standard InChI is InChI=1S/C27H25ClF3N7O3/c1-37-14-27(30,31)9-20(37)18-4-2-15(10-32-18)11-33-24(39)16-8-21(36-34-12-16)38-7-6-26(13-38)22-19(35-25(40)41-26)5-3-17(28)23(22)29/h2-5,8,10,12,20H,6-7,9,11,13-14H2,1H3,(H,33,39)(H,35,40)/t20?,26-/m1/s1. The van der Waals surface area contributed by atoms with Crippen LogP contribution in [0.2, 0.25) is 5.02 Å². The fourth-order valence-corrected chi connectivity index (χ4v) is 5.85. The Hall–Kier alpha value is -3.97. The number of amides is 2. The summed E-state index contributed by atoms with van der Waals surface area (Å²) in [5.74, 6) is -3.46. The smallest absolute Gasteiger partial charge is 0.412 e. The molecule has 6 rings (SSSR count). The Morgan fingerprint density at radius 2 is 2.07 bits per heavy atom. The first-order valence-electron chi connectivity index (χ1n) is 12.9. The molecular weight excluding hydrogens is 563 g/mol. The summed E-state index contributed by atoms with van der Waals surface area (Å²) in [6, 6.07) is 7.43. The summed E-state index contributed by atoms with van der Waals surface area (Å²) in [5.41, 5.74) is 0.671. The molecule has 214 valence electrons. The number of carbonyl (C=O) groups is 2. The van der Waals surface area contributed by atoms with E-state index in [1.807, 2.05) is 0 Å². The maximum absolute atomic E-state index is 15.1. The molecular formula is C27H25ClF3N7O3. The average Bonchev–Trinajstić information content (AvgIpc) is 3.48. The van der Waals surface area contributed by atoms with Crippen molar-refractivity contribution in [3.63, 3.8) is 0 Å². The highest BCUT2D eigenvalue weighted by atomic mass is 35.5. The van der Waals surface area contributed by atoms with Gasteiger partial charge in [0.1, 0.15) is 0 Å². The van der Waals surface area contributed by atoms with Crippen LogP contribution in [0.15, 0.2) is 42.7 Å². The van der Waals surface area contributed by atoms with E-state index in [-0.39, 0.29) is 48.6 Å². The third kappa shape index (κ3) is 5.15. The number of ether oxygens (including phenoxy) is 1. The van der Waals surface area contributed by atoms with Crippen molar-refractivity contribution < 1.29 is 27.5 Å². The fourth-order valence-electron chi connectivity index (χ4n) is 5.69. The minimum atomic E-state index is -2.74. The number of anilines is 2. The van der Waals surface area contributed by atoms with Gasteiger partial charge in [-0.3, -0.25) is 20.0 Å². The molecule has 14 heteroatoms. The molecule has 1 spiro atoms. The summed E-state index contributed by atoms with van der Waals surface area (Å²) < 4.78 is 48.2. The Morgan fingerprint density at radius 1 is 1.24 bits per heavy atom. The van der Waals surface area contributed by atoms with Crippen molar-refractivity contribution in [3.05, 3.63) is 75.9 Å². The van der Waals surface area contributed by atoms with Crippen molar-refractivity contribution in [2.75, 3.05) is 36.9 Å². The largest absolute Gasteiger partial charge is 0.436 e. The van der Waals surface area contributed by atoms with Crippen molar-refractivity contribution in [2.45, 2.75) is 37.0 Å². The lowest BCUT2D eigenvalue weighted by Crippen LogP contribution is -2.42. The number of rotatable bonds is 5. The highest BCUT2D eigenvalue weighted by molar-refractivity contribution is 6.31. The van der Waals surface area contributed by atoms with Crippen LogP contribution in [0.3, 0.4) is 0 Å². The van der Waals surface area contributed by atoms with Crippen LogP contribution < -0.4 is 15.5 Å². The van der Waals surface area contributed by atoms with Crippen molar-refractivity contribution in [1.82, 2.24) is 25.4 Å². The van der Waals surface area contributed by atoms with Crippen molar-refractivity contribution >= 4 is 35.1 Å². The number of fused-ring (bicyclic) bond motifs is 2. The quantitative estimate of drug-likeness (QED) is 0.455. The summed E-state index contributed by atoms with van der Waals surface area (Å²) in [6.07, 6.45) is 2.18. The number of likely N-dealkylation sites (tertiary alicyclic amines) is 1. The van der Waals surface area contributed by atoms with Gasteiger partial charge < -0.3 is 15.0 Å². The molecule has 2 aromatic heterocycles. The zero-order valence-electron chi connectivity index (χ0n) is 21.8. The SMILES string of the molecule is CN1CC(F)(F)CC1c1ccc(CNC(=O)c2cnnc(N3CC[C@]4(C3)OC(=O)Nc3ccc(Cl)c(F)c34)c2)cn1. The molecule has 0 saturated carbocycles. The Bertz CT molecular complexity index is 1530. The highest BCUT2D eigenvalue weighted by Crippen LogP contribution is 2.46. The zero-order valence-corrected chi connectivity index (χ0v) is 22.6. The van der Waals surface area contributed by atoms with Gasteiger partial charge in [-0.1, -0.05) is 17.7 Å². The molecule has 1 aromatic carbocycles. The number of pyridine rings is 1. The minimum Gasteiger partial charge on any atom is -0.436 e.